The molecule has 1 aliphatic carbocycles. The Morgan fingerprint density at radius 2 is 2.00 bits per heavy atom. The minimum atomic E-state index is -0.124. The van der Waals surface area contributed by atoms with Crippen molar-refractivity contribution in [1.29, 1.82) is 0 Å². The van der Waals surface area contributed by atoms with Gasteiger partial charge in [-0.25, -0.2) is 4.39 Å². The van der Waals surface area contributed by atoms with E-state index in [1.165, 1.54) is 32.1 Å². The fourth-order valence-corrected chi connectivity index (χ4v) is 3.35. The Balaban J connectivity index is 2.12. The average molecular weight is 278 g/mol. The lowest BCUT2D eigenvalue weighted by Gasteiger charge is -2.30. The van der Waals surface area contributed by atoms with E-state index < -0.39 is 0 Å². The van der Waals surface area contributed by atoms with E-state index in [9.17, 15) is 4.39 Å². The summed E-state index contributed by atoms with van der Waals surface area (Å²) in [6.45, 7) is 2.92. The van der Waals surface area contributed by atoms with Gasteiger partial charge in [0.25, 0.3) is 0 Å². The lowest BCUT2D eigenvalue weighted by Crippen LogP contribution is -2.29. The smallest absolute Gasteiger partial charge is 0.146 e. The summed E-state index contributed by atoms with van der Waals surface area (Å²) in [6, 6.07) is 5.39. The van der Waals surface area contributed by atoms with Crippen molar-refractivity contribution in [1.82, 2.24) is 0 Å². The standard InChI is InChI=1S/C17H27FN2/c1-13(19)11-15-9-6-10-16(18)17(15)20(2)12-14-7-4-3-5-8-14/h6,9-10,13-14H,3-5,7-8,11-12,19H2,1-2H3. The van der Waals surface area contributed by atoms with E-state index in [0.29, 0.717) is 5.92 Å². The van der Waals surface area contributed by atoms with Gasteiger partial charge < -0.3 is 10.6 Å². The highest BCUT2D eigenvalue weighted by Gasteiger charge is 2.19. The van der Waals surface area contributed by atoms with E-state index in [0.717, 1.165) is 24.2 Å². The zero-order chi connectivity index (χ0) is 14.5. The quantitative estimate of drug-likeness (QED) is 0.889. The van der Waals surface area contributed by atoms with Crippen LogP contribution < -0.4 is 10.6 Å². The Hall–Kier alpha value is -1.09. The number of nitrogens with zero attached hydrogens (tertiary/aromatic N) is 1. The summed E-state index contributed by atoms with van der Waals surface area (Å²) in [6.07, 6.45) is 7.28. The monoisotopic (exact) mass is 278 g/mol. The minimum absolute atomic E-state index is 0.0543. The molecule has 0 saturated heterocycles. The van der Waals surface area contributed by atoms with Gasteiger partial charge >= 0.3 is 0 Å². The van der Waals surface area contributed by atoms with E-state index in [1.54, 1.807) is 12.1 Å². The summed E-state index contributed by atoms with van der Waals surface area (Å²) in [7, 11) is 2.01. The molecule has 0 aliphatic heterocycles. The number of benzene rings is 1. The maximum absolute atomic E-state index is 14.2. The molecule has 0 aromatic heterocycles. The molecule has 0 amide bonds. The van der Waals surface area contributed by atoms with Gasteiger partial charge in [0.2, 0.25) is 0 Å². The van der Waals surface area contributed by atoms with Crippen molar-refractivity contribution < 1.29 is 4.39 Å². The van der Waals surface area contributed by atoms with Crippen molar-refractivity contribution in [2.45, 2.75) is 51.5 Å². The van der Waals surface area contributed by atoms with Crippen LogP contribution in [0.1, 0.15) is 44.6 Å². The Morgan fingerprint density at radius 1 is 1.30 bits per heavy atom. The molecule has 1 atom stereocenters. The molecule has 20 heavy (non-hydrogen) atoms. The van der Waals surface area contributed by atoms with Gasteiger partial charge in [-0.15, -0.1) is 0 Å². The molecular weight excluding hydrogens is 251 g/mol. The van der Waals surface area contributed by atoms with Crippen LogP contribution in [0.2, 0.25) is 0 Å². The van der Waals surface area contributed by atoms with E-state index in [-0.39, 0.29) is 11.9 Å². The molecule has 0 radical (unpaired) electrons. The third-order valence-electron chi connectivity index (χ3n) is 4.25. The van der Waals surface area contributed by atoms with Crippen LogP contribution in [0.15, 0.2) is 18.2 Å². The molecule has 2 nitrogen and oxygen atoms in total. The zero-order valence-electron chi connectivity index (χ0n) is 12.7. The van der Waals surface area contributed by atoms with Crippen molar-refractivity contribution in [3.8, 4) is 0 Å². The molecule has 112 valence electrons. The SMILES string of the molecule is CC(N)Cc1cccc(F)c1N(C)CC1CCCCC1. The first-order chi connectivity index (χ1) is 9.58. The van der Waals surface area contributed by atoms with Crippen LogP contribution in [0, 0.1) is 11.7 Å². The van der Waals surface area contributed by atoms with Crippen LogP contribution in [0.4, 0.5) is 10.1 Å². The number of halogens is 1. The molecule has 1 fully saturated rings. The van der Waals surface area contributed by atoms with E-state index in [1.807, 2.05) is 20.0 Å². The molecule has 2 N–H and O–H groups in total. The third-order valence-corrected chi connectivity index (χ3v) is 4.25. The van der Waals surface area contributed by atoms with Crippen molar-refractivity contribution in [3.05, 3.63) is 29.6 Å². The molecule has 1 saturated carbocycles. The fraction of sp³-hybridized carbons (Fsp3) is 0.647. The van der Waals surface area contributed by atoms with Crippen molar-refractivity contribution >= 4 is 5.69 Å². The van der Waals surface area contributed by atoms with Crippen molar-refractivity contribution in [3.63, 3.8) is 0 Å². The second-order valence-corrected chi connectivity index (χ2v) is 6.31. The van der Waals surface area contributed by atoms with Gasteiger partial charge in [0.05, 0.1) is 5.69 Å². The normalized spacial score (nSPS) is 18.0. The lowest BCUT2D eigenvalue weighted by atomic mass is 9.89. The van der Waals surface area contributed by atoms with Gasteiger partial charge in [0.15, 0.2) is 0 Å². The van der Waals surface area contributed by atoms with Crippen LogP contribution in [0.3, 0.4) is 0 Å². The summed E-state index contributed by atoms with van der Waals surface area (Å²) in [5.41, 5.74) is 7.66. The van der Waals surface area contributed by atoms with Crippen LogP contribution in [0.5, 0.6) is 0 Å². The summed E-state index contributed by atoms with van der Waals surface area (Å²) in [4.78, 5) is 2.10. The van der Waals surface area contributed by atoms with Crippen LogP contribution >= 0.6 is 0 Å². The van der Waals surface area contributed by atoms with Crippen molar-refractivity contribution in [2.75, 3.05) is 18.5 Å². The van der Waals surface area contributed by atoms with E-state index in [4.69, 9.17) is 5.73 Å². The summed E-state index contributed by atoms with van der Waals surface area (Å²) in [5.74, 6) is 0.581. The third kappa shape index (κ3) is 3.95. The van der Waals surface area contributed by atoms with E-state index >= 15 is 0 Å². The van der Waals surface area contributed by atoms with Crippen LogP contribution in [0.25, 0.3) is 0 Å². The minimum Gasteiger partial charge on any atom is -0.372 e. The first-order valence-corrected chi connectivity index (χ1v) is 7.82. The van der Waals surface area contributed by atoms with Gasteiger partial charge in [0, 0.05) is 19.6 Å². The molecule has 2 rings (SSSR count). The Bertz CT molecular complexity index is 425. The first kappa shape index (κ1) is 15.3. The topological polar surface area (TPSA) is 29.3 Å². The maximum atomic E-state index is 14.2. The molecule has 0 bridgehead atoms. The Kier molecular flexibility index (Phi) is 5.41. The molecule has 1 aromatic carbocycles. The number of nitrogens with two attached hydrogens (primary N) is 1. The number of rotatable bonds is 5. The van der Waals surface area contributed by atoms with E-state index in [2.05, 4.69) is 4.90 Å². The number of hydrogen-bond donors (Lipinski definition) is 1. The molecule has 3 heteroatoms. The largest absolute Gasteiger partial charge is 0.372 e. The molecule has 0 spiro atoms. The molecular formula is C17H27FN2. The predicted molar refractivity (Wildman–Crippen MR) is 83.6 cm³/mol. The Labute approximate surface area is 122 Å². The fourth-order valence-electron chi connectivity index (χ4n) is 3.35. The molecule has 1 aliphatic rings. The lowest BCUT2D eigenvalue weighted by molar-refractivity contribution is 0.361. The second-order valence-electron chi connectivity index (χ2n) is 6.31. The summed E-state index contributed by atoms with van der Waals surface area (Å²) < 4.78 is 14.2. The van der Waals surface area contributed by atoms with Gasteiger partial charge in [-0.05, 0) is 43.7 Å². The van der Waals surface area contributed by atoms with Crippen LogP contribution in [-0.4, -0.2) is 19.6 Å². The molecule has 1 unspecified atom stereocenters. The number of anilines is 1. The maximum Gasteiger partial charge on any atom is 0.146 e. The van der Waals surface area contributed by atoms with Crippen LogP contribution in [-0.2, 0) is 6.42 Å². The Morgan fingerprint density at radius 3 is 2.65 bits per heavy atom. The highest BCUT2D eigenvalue weighted by atomic mass is 19.1. The van der Waals surface area contributed by atoms with Gasteiger partial charge in [-0.2, -0.15) is 0 Å². The predicted octanol–water partition coefficient (Wildman–Crippen LogP) is 3.73. The molecule has 1 aromatic rings. The number of para-hydroxylation sites is 1. The highest BCUT2D eigenvalue weighted by molar-refractivity contribution is 5.54. The highest BCUT2D eigenvalue weighted by Crippen LogP contribution is 2.29. The van der Waals surface area contributed by atoms with Gasteiger partial charge in [-0.1, -0.05) is 31.4 Å². The second kappa shape index (κ2) is 7.07. The van der Waals surface area contributed by atoms with Crippen molar-refractivity contribution in [2.24, 2.45) is 11.7 Å². The average Bonchev–Trinajstić information content (AvgIpc) is 2.39. The molecule has 0 heterocycles. The summed E-state index contributed by atoms with van der Waals surface area (Å²) in [5, 5.41) is 0. The summed E-state index contributed by atoms with van der Waals surface area (Å²) >= 11 is 0. The first-order valence-electron chi connectivity index (χ1n) is 7.82. The van der Waals surface area contributed by atoms with Gasteiger partial charge in [-0.3, -0.25) is 0 Å². The van der Waals surface area contributed by atoms with Gasteiger partial charge in [0.1, 0.15) is 5.82 Å². The zero-order valence-corrected chi connectivity index (χ0v) is 12.7. The number of hydrogen-bond acceptors (Lipinski definition) is 2.